The molecule has 0 spiro atoms. The van der Waals surface area contributed by atoms with Crippen molar-refractivity contribution in [1.29, 1.82) is 0 Å². The van der Waals surface area contributed by atoms with Gasteiger partial charge >= 0.3 is 12.1 Å². The molecule has 32 heavy (non-hydrogen) atoms. The van der Waals surface area contributed by atoms with Crippen LogP contribution in [-0.4, -0.2) is 48.0 Å². The van der Waals surface area contributed by atoms with Crippen LogP contribution in [0.15, 0.2) is 29.8 Å². The number of ether oxygens (including phenoxy) is 4. The Morgan fingerprint density at radius 2 is 1.91 bits per heavy atom. The average Bonchev–Trinajstić information content (AvgIpc) is 2.97. The molecule has 2 atom stereocenters. The van der Waals surface area contributed by atoms with Crippen LogP contribution in [0.25, 0.3) is 0 Å². The highest BCUT2D eigenvalue weighted by Crippen LogP contribution is 2.38. The van der Waals surface area contributed by atoms with Gasteiger partial charge in [-0.1, -0.05) is 17.7 Å². The van der Waals surface area contributed by atoms with Gasteiger partial charge in [0.1, 0.15) is 29.2 Å². The fourth-order valence-corrected chi connectivity index (χ4v) is 3.72. The summed E-state index contributed by atoms with van der Waals surface area (Å²) in [6.07, 6.45) is 1.55. The van der Waals surface area contributed by atoms with E-state index in [-0.39, 0.29) is 6.61 Å². The first-order chi connectivity index (χ1) is 14.7. The lowest BCUT2D eigenvalue weighted by Gasteiger charge is -2.37. The maximum absolute atomic E-state index is 13.1. The van der Waals surface area contributed by atoms with E-state index in [2.05, 4.69) is 6.08 Å². The van der Waals surface area contributed by atoms with Crippen molar-refractivity contribution < 1.29 is 28.5 Å². The van der Waals surface area contributed by atoms with Gasteiger partial charge in [0.25, 0.3) is 0 Å². The molecule has 1 heterocycles. The molecule has 0 unspecified atom stereocenters. The van der Waals surface area contributed by atoms with Gasteiger partial charge in [0, 0.05) is 6.92 Å². The minimum absolute atomic E-state index is 0.208. The highest BCUT2D eigenvalue weighted by atomic mass is 16.6. The van der Waals surface area contributed by atoms with Crippen LogP contribution in [0.2, 0.25) is 0 Å². The zero-order valence-corrected chi connectivity index (χ0v) is 20.8. The zero-order chi connectivity index (χ0) is 24.3. The van der Waals surface area contributed by atoms with Crippen LogP contribution in [0.5, 0.6) is 5.75 Å². The van der Waals surface area contributed by atoms with Crippen molar-refractivity contribution in [3.8, 4) is 5.75 Å². The van der Waals surface area contributed by atoms with Gasteiger partial charge in [-0.15, -0.1) is 0 Å². The number of hydrogen-bond acceptors (Lipinski definition) is 6. The number of nitrogens with zero attached hydrogens (tertiary/aromatic N) is 1. The Morgan fingerprint density at radius 1 is 1.25 bits per heavy atom. The molecule has 0 aromatic heterocycles. The summed E-state index contributed by atoms with van der Waals surface area (Å²) >= 11 is 0. The number of hydrogen-bond donors (Lipinski definition) is 0. The number of allylic oxidation sites excluding steroid dienone is 2. The molecule has 1 aliphatic rings. The Labute approximate surface area is 191 Å². The minimum Gasteiger partial charge on any atom is -0.496 e. The second-order valence-electron chi connectivity index (χ2n) is 9.76. The summed E-state index contributed by atoms with van der Waals surface area (Å²) in [5.74, 6) is 0.310. The van der Waals surface area contributed by atoms with Crippen LogP contribution >= 0.6 is 0 Å². The monoisotopic (exact) mass is 447 g/mol. The minimum atomic E-state index is -0.914. The van der Waals surface area contributed by atoms with E-state index in [4.69, 9.17) is 18.9 Å². The Balaban J connectivity index is 2.50. The zero-order valence-electron chi connectivity index (χ0n) is 20.8. The van der Waals surface area contributed by atoms with Gasteiger partial charge in [-0.3, -0.25) is 9.69 Å². The van der Waals surface area contributed by atoms with Gasteiger partial charge in [-0.2, -0.15) is 0 Å². The highest BCUT2D eigenvalue weighted by Gasteiger charge is 2.50. The number of carbonyl (C=O) groups excluding carboxylic acids is 2. The van der Waals surface area contributed by atoms with Crippen molar-refractivity contribution in [1.82, 2.24) is 4.90 Å². The average molecular weight is 448 g/mol. The third-order valence-corrected chi connectivity index (χ3v) is 5.11. The third kappa shape index (κ3) is 6.48. The standard InChI is InChI=1S/C25H37NO6/c1-16(2)10-11-18-14-19(12-13-21(18)29-9)22(31-17(3)27)20-15-30-25(7,8)26(20)23(28)32-24(4,5)6/h10,12-14,20,22H,11,15H2,1-9H3/t20-,22-/m0/s1. The van der Waals surface area contributed by atoms with Crippen molar-refractivity contribution in [3.05, 3.63) is 41.0 Å². The normalized spacial score (nSPS) is 18.7. The van der Waals surface area contributed by atoms with E-state index in [1.54, 1.807) is 21.0 Å². The van der Waals surface area contributed by atoms with Crippen LogP contribution in [0, 0.1) is 0 Å². The molecule has 7 heteroatoms. The lowest BCUT2D eigenvalue weighted by molar-refractivity contribution is -0.150. The van der Waals surface area contributed by atoms with Crippen molar-refractivity contribution in [2.45, 2.75) is 85.3 Å². The molecule has 1 aliphatic heterocycles. The Hall–Kier alpha value is -2.54. The summed E-state index contributed by atoms with van der Waals surface area (Å²) in [5, 5.41) is 0. The van der Waals surface area contributed by atoms with E-state index in [0.29, 0.717) is 6.42 Å². The highest BCUT2D eigenvalue weighted by molar-refractivity contribution is 5.70. The fourth-order valence-electron chi connectivity index (χ4n) is 3.72. The van der Waals surface area contributed by atoms with E-state index in [0.717, 1.165) is 16.9 Å². The molecule has 1 saturated heterocycles. The largest absolute Gasteiger partial charge is 0.496 e. The van der Waals surface area contributed by atoms with Crippen LogP contribution in [0.4, 0.5) is 4.79 Å². The molecule has 1 amide bonds. The summed E-state index contributed by atoms with van der Waals surface area (Å²) in [6.45, 7) is 14.7. The molecule has 1 aromatic carbocycles. The van der Waals surface area contributed by atoms with Crippen LogP contribution < -0.4 is 4.74 Å². The molecule has 0 radical (unpaired) electrons. The summed E-state index contributed by atoms with van der Waals surface area (Å²) in [5.41, 5.74) is 1.33. The van der Waals surface area contributed by atoms with Gasteiger partial charge in [0.15, 0.2) is 0 Å². The summed E-state index contributed by atoms with van der Waals surface area (Å²) in [6, 6.07) is 5.13. The molecule has 178 valence electrons. The summed E-state index contributed by atoms with van der Waals surface area (Å²) < 4.78 is 22.9. The maximum Gasteiger partial charge on any atom is 0.413 e. The fraction of sp³-hybridized carbons (Fsp3) is 0.600. The predicted octanol–water partition coefficient (Wildman–Crippen LogP) is 5.18. The molecule has 1 aromatic rings. The van der Waals surface area contributed by atoms with Gasteiger partial charge in [0.05, 0.1) is 13.7 Å². The molecule has 1 fully saturated rings. The Kier molecular flexibility index (Phi) is 7.99. The van der Waals surface area contributed by atoms with E-state index in [1.807, 2.05) is 52.8 Å². The smallest absolute Gasteiger partial charge is 0.413 e. The first kappa shape index (κ1) is 25.7. The maximum atomic E-state index is 13.1. The molecule has 2 rings (SSSR count). The summed E-state index contributed by atoms with van der Waals surface area (Å²) in [7, 11) is 1.63. The van der Waals surface area contributed by atoms with Crippen molar-refractivity contribution in [3.63, 3.8) is 0 Å². The molecule has 0 bridgehead atoms. The summed E-state index contributed by atoms with van der Waals surface area (Å²) in [4.78, 5) is 26.7. The number of benzene rings is 1. The molecular weight excluding hydrogens is 410 g/mol. The van der Waals surface area contributed by atoms with Crippen LogP contribution in [0.3, 0.4) is 0 Å². The first-order valence-corrected chi connectivity index (χ1v) is 10.9. The number of rotatable bonds is 6. The molecular formula is C25H37NO6. The predicted molar refractivity (Wildman–Crippen MR) is 123 cm³/mol. The lowest BCUT2D eigenvalue weighted by atomic mass is 9.97. The molecule has 7 nitrogen and oxygen atoms in total. The lowest BCUT2D eigenvalue weighted by Crippen LogP contribution is -2.52. The van der Waals surface area contributed by atoms with Crippen molar-refractivity contribution in [2.24, 2.45) is 0 Å². The van der Waals surface area contributed by atoms with Crippen LogP contribution in [-0.2, 0) is 25.4 Å². The van der Waals surface area contributed by atoms with Crippen molar-refractivity contribution in [2.75, 3.05) is 13.7 Å². The van der Waals surface area contributed by atoms with E-state index >= 15 is 0 Å². The number of esters is 1. The second-order valence-corrected chi connectivity index (χ2v) is 9.76. The number of carbonyl (C=O) groups is 2. The van der Waals surface area contributed by atoms with E-state index in [9.17, 15) is 9.59 Å². The van der Waals surface area contributed by atoms with Crippen LogP contribution in [0.1, 0.15) is 72.6 Å². The van der Waals surface area contributed by atoms with Crippen molar-refractivity contribution >= 4 is 12.1 Å². The molecule has 0 aliphatic carbocycles. The van der Waals surface area contributed by atoms with Gasteiger partial charge in [0.2, 0.25) is 0 Å². The third-order valence-electron chi connectivity index (χ3n) is 5.11. The number of amides is 1. The van der Waals surface area contributed by atoms with E-state index in [1.165, 1.54) is 17.4 Å². The van der Waals surface area contributed by atoms with Gasteiger partial charge in [-0.05, 0) is 78.1 Å². The SMILES string of the molecule is COc1ccc([C@H](OC(C)=O)[C@@H]2COC(C)(C)N2C(=O)OC(C)(C)C)cc1CC=C(C)C. The topological polar surface area (TPSA) is 74.3 Å². The Bertz CT molecular complexity index is 864. The van der Waals surface area contributed by atoms with Gasteiger partial charge in [-0.25, -0.2) is 4.79 Å². The van der Waals surface area contributed by atoms with Gasteiger partial charge < -0.3 is 18.9 Å². The first-order valence-electron chi connectivity index (χ1n) is 10.9. The molecule has 0 N–H and O–H groups in total. The second kappa shape index (κ2) is 9.94. The quantitative estimate of drug-likeness (QED) is 0.442. The molecule has 0 saturated carbocycles. The van der Waals surface area contributed by atoms with E-state index < -0.39 is 35.5 Å². The number of methoxy groups -OCH3 is 1. The Morgan fingerprint density at radius 3 is 2.44 bits per heavy atom.